The molecule has 0 radical (unpaired) electrons. The molecule has 1 saturated heterocycles. The molecule has 0 aliphatic carbocycles. The van der Waals surface area contributed by atoms with Gasteiger partial charge in [-0.25, -0.2) is 0 Å². The molecule has 7 heteroatoms. The van der Waals surface area contributed by atoms with E-state index in [0.29, 0.717) is 21.3 Å². The maximum absolute atomic E-state index is 14.6. The van der Waals surface area contributed by atoms with Gasteiger partial charge in [-0.05, 0) is 59.7 Å². The third-order valence-corrected chi connectivity index (χ3v) is 8.50. The zero-order valence-electron chi connectivity index (χ0n) is 21.2. The van der Waals surface area contributed by atoms with Gasteiger partial charge in [0.1, 0.15) is 11.5 Å². The zero-order valence-corrected chi connectivity index (χ0v) is 22.7. The normalized spacial score (nSPS) is 25.1. The standard InChI is InChI=1S/C31H26Cl2N2O3/c1-30(2,3)28(37)26-25(27(36)17-8-11-19(32)12-9-17)31(21-6-4-5-7-22(21)34-29(31)38)24-15-10-18-16-20(33)13-14-23(18)35(24)26/h4-16,24-26H,1-3H3,(H,34,38)/t24-,25+,26-,31+/m0/s1. The highest BCUT2D eigenvalue weighted by atomic mass is 35.5. The van der Waals surface area contributed by atoms with E-state index in [4.69, 9.17) is 23.2 Å². The maximum atomic E-state index is 14.6. The van der Waals surface area contributed by atoms with Crippen LogP contribution in [0.5, 0.6) is 0 Å². The number of rotatable bonds is 3. The lowest BCUT2D eigenvalue weighted by Crippen LogP contribution is -2.51. The van der Waals surface area contributed by atoms with Gasteiger partial charge >= 0.3 is 0 Å². The van der Waals surface area contributed by atoms with Crippen molar-refractivity contribution < 1.29 is 14.4 Å². The highest BCUT2D eigenvalue weighted by molar-refractivity contribution is 6.31. The number of carbonyl (C=O) groups is 3. The molecular formula is C31H26Cl2N2O3. The van der Waals surface area contributed by atoms with Gasteiger partial charge in [-0.3, -0.25) is 14.4 Å². The van der Waals surface area contributed by atoms with Crippen LogP contribution >= 0.6 is 23.2 Å². The number of ketones is 2. The number of Topliss-reactive ketones (excluding diaryl/α,β-unsaturated/α-hetero) is 2. The molecule has 0 aromatic heterocycles. The lowest BCUT2D eigenvalue weighted by Gasteiger charge is -2.38. The van der Waals surface area contributed by atoms with Gasteiger partial charge < -0.3 is 10.2 Å². The van der Waals surface area contributed by atoms with Gasteiger partial charge in [-0.1, -0.05) is 74.3 Å². The number of hydrogen-bond donors (Lipinski definition) is 1. The van der Waals surface area contributed by atoms with E-state index in [0.717, 1.165) is 16.8 Å². The van der Waals surface area contributed by atoms with E-state index in [1.807, 2.05) is 74.2 Å². The van der Waals surface area contributed by atoms with E-state index >= 15 is 0 Å². The molecule has 1 amide bonds. The van der Waals surface area contributed by atoms with Crippen LogP contribution in [0.25, 0.3) is 6.08 Å². The Kier molecular flexibility index (Phi) is 5.60. The maximum Gasteiger partial charge on any atom is 0.238 e. The summed E-state index contributed by atoms with van der Waals surface area (Å²) in [7, 11) is 0. The minimum atomic E-state index is -1.33. The van der Waals surface area contributed by atoms with E-state index < -0.39 is 28.8 Å². The fraction of sp³-hybridized carbons (Fsp3) is 0.258. The van der Waals surface area contributed by atoms with Crippen molar-refractivity contribution >= 4 is 58.1 Å². The first kappa shape index (κ1) is 24.9. The Morgan fingerprint density at radius 3 is 2.34 bits per heavy atom. The van der Waals surface area contributed by atoms with Gasteiger partial charge in [0.2, 0.25) is 5.91 Å². The third kappa shape index (κ3) is 3.41. The van der Waals surface area contributed by atoms with Crippen molar-refractivity contribution in [1.82, 2.24) is 0 Å². The van der Waals surface area contributed by atoms with Crippen molar-refractivity contribution in [3.63, 3.8) is 0 Å². The van der Waals surface area contributed by atoms with Crippen LogP contribution in [-0.4, -0.2) is 29.6 Å². The number of amides is 1. The molecule has 3 aromatic carbocycles. The van der Waals surface area contributed by atoms with Crippen molar-refractivity contribution in [2.45, 2.75) is 38.3 Å². The van der Waals surface area contributed by atoms with E-state index in [-0.39, 0.29) is 17.5 Å². The molecule has 6 rings (SSSR count). The number of anilines is 2. The summed E-state index contributed by atoms with van der Waals surface area (Å²) in [5, 5.41) is 4.10. The number of para-hydroxylation sites is 1. The Hall–Kier alpha value is -3.41. The van der Waals surface area contributed by atoms with Crippen LogP contribution < -0.4 is 10.2 Å². The summed E-state index contributed by atoms with van der Waals surface area (Å²) in [5.74, 6) is -1.66. The first-order valence-electron chi connectivity index (χ1n) is 12.6. The molecule has 5 nitrogen and oxygen atoms in total. The van der Waals surface area contributed by atoms with Gasteiger partial charge in [0.15, 0.2) is 11.6 Å². The summed E-state index contributed by atoms with van der Waals surface area (Å²) in [6, 6.07) is 18.1. The molecule has 1 spiro atoms. The summed E-state index contributed by atoms with van der Waals surface area (Å²) >= 11 is 12.5. The molecule has 1 fully saturated rings. The number of nitrogens with zero attached hydrogens (tertiary/aromatic N) is 1. The van der Waals surface area contributed by atoms with Gasteiger partial charge in [0.05, 0.1) is 12.0 Å². The van der Waals surface area contributed by atoms with Crippen molar-refractivity contribution in [2.24, 2.45) is 11.3 Å². The number of fused-ring (bicyclic) bond motifs is 6. The highest BCUT2D eigenvalue weighted by Gasteiger charge is 2.70. The number of benzene rings is 3. The van der Waals surface area contributed by atoms with Crippen LogP contribution in [0.4, 0.5) is 11.4 Å². The Balaban J connectivity index is 1.68. The molecule has 4 atom stereocenters. The van der Waals surface area contributed by atoms with Gasteiger partial charge in [-0.2, -0.15) is 0 Å². The molecule has 38 heavy (non-hydrogen) atoms. The molecule has 3 heterocycles. The van der Waals surface area contributed by atoms with Gasteiger partial charge in [0.25, 0.3) is 0 Å². The average Bonchev–Trinajstić information content (AvgIpc) is 3.35. The topological polar surface area (TPSA) is 66.5 Å². The minimum absolute atomic E-state index is 0.111. The molecule has 0 unspecified atom stereocenters. The average molecular weight is 545 g/mol. The first-order valence-corrected chi connectivity index (χ1v) is 13.3. The van der Waals surface area contributed by atoms with Gasteiger partial charge in [0, 0.05) is 32.4 Å². The Labute approximate surface area is 231 Å². The molecule has 0 saturated carbocycles. The first-order chi connectivity index (χ1) is 18.0. The van der Waals surface area contributed by atoms with Crippen LogP contribution in [0.1, 0.15) is 42.3 Å². The smallest absolute Gasteiger partial charge is 0.238 e. The van der Waals surface area contributed by atoms with Crippen LogP contribution in [-0.2, 0) is 15.0 Å². The second-order valence-corrected chi connectivity index (χ2v) is 12.1. The zero-order chi connectivity index (χ0) is 27.0. The van der Waals surface area contributed by atoms with Gasteiger partial charge in [-0.15, -0.1) is 0 Å². The summed E-state index contributed by atoms with van der Waals surface area (Å²) < 4.78 is 0. The molecule has 3 aromatic rings. The predicted molar refractivity (Wildman–Crippen MR) is 151 cm³/mol. The molecular weight excluding hydrogens is 519 g/mol. The summed E-state index contributed by atoms with van der Waals surface area (Å²) in [6.45, 7) is 5.55. The molecule has 1 N–H and O–H groups in total. The van der Waals surface area contributed by atoms with Crippen molar-refractivity contribution in [3.05, 3.63) is 99.5 Å². The monoisotopic (exact) mass is 544 g/mol. The second kappa shape index (κ2) is 8.55. The third-order valence-electron chi connectivity index (χ3n) is 8.01. The van der Waals surface area contributed by atoms with E-state index in [2.05, 4.69) is 5.32 Å². The number of carbonyl (C=O) groups excluding carboxylic acids is 3. The number of nitrogens with one attached hydrogen (secondary N) is 1. The lowest BCUT2D eigenvalue weighted by molar-refractivity contribution is -0.128. The van der Waals surface area contributed by atoms with Crippen LogP contribution in [0, 0.1) is 11.3 Å². The molecule has 0 bridgehead atoms. The number of hydrogen-bond acceptors (Lipinski definition) is 4. The summed E-state index contributed by atoms with van der Waals surface area (Å²) in [5.41, 5.74) is 1.29. The predicted octanol–water partition coefficient (Wildman–Crippen LogP) is 6.58. The molecule has 3 aliphatic heterocycles. The Bertz CT molecular complexity index is 1540. The summed E-state index contributed by atoms with van der Waals surface area (Å²) in [6.07, 6.45) is 3.88. The van der Waals surface area contributed by atoms with E-state index in [1.54, 1.807) is 30.3 Å². The second-order valence-electron chi connectivity index (χ2n) is 11.2. The quantitative estimate of drug-likeness (QED) is 0.378. The van der Waals surface area contributed by atoms with E-state index in [9.17, 15) is 14.4 Å². The highest BCUT2D eigenvalue weighted by Crippen LogP contribution is 2.58. The largest absolute Gasteiger partial charge is 0.352 e. The molecule has 3 aliphatic rings. The summed E-state index contributed by atoms with van der Waals surface area (Å²) in [4.78, 5) is 45.1. The lowest BCUT2D eigenvalue weighted by atomic mass is 9.63. The fourth-order valence-corrected chi connectivity index (χ4v) is 6.69. The van der Waals surface area contributed by atoms with Crippen molar-refractivity contribution in [2.75, 3.05) is 10.2 Å². The van der Waals surface area contributed by atoms with E-state index in [1.165, 1.54) is 0 Å². The van der Waals surface area contributed by atoms with Crippen LogP contribution in [0.2, 0.25) is 10.0 Å². The Morgan fingerprint density at radius 2 is 1.63 bits per heavy atom. The molecule has 192 valence electrons. The minimum Gasteiger partial charge on any atom is -0.352 e. The fourth-order valence-electron chi connectivity index (χ4n) is 6.39. The van der Waals surface area contributed by atoms with Crippen molar-refractivity contribution in [3.8, 4) is 0 Å². The SMILES string of the molecule is CC(C)(C)C(=O)[C@@H]1[C@H](C(=O)c2ccc(Cl)cc2)[C@]2(C(=O)Nc3ccccc32)[C@@H]2C=Cc3cc(Cl)ccc3N12. The number of halogens is 2. The van der Waals surface area contributed by atoms with Crippen LogP contribution in [0.3, 0.4) is 0 Å². The van der Waals surface area contributed by atoms with Crippen LogP contribution in [0.15, 0.2) is 72.8 Å². The Morgan fingerprint density at radius 1 is 0.947 bits per heavy atom. The van der Waals surface area contributed by atoms with Crippen molar-refractivity contribution in [1.29, 1.82) is 0 Å².